The van der Waals surface area contributed by atoms with E-state index in [1.807, 2.05) is 24.3 Å². The van der Waals surface area contributed by atoms with Gasteiger partial charge in [-0.3, -0.25) is 0 Å². The zero-order chi connectivity index (χ0) is 11.1. The zero-order valence-electron chi connectivity index (χ0n) is 8.89. The molecule has 3 nitrogen and oxygen atoms in total. The van der Waals surface area contributed by atoms with Gasteiger partial charge < -0.3 is 13.3 Å². The molecule has 2 rings (SSSR count). The van der Waals surface area contributed by atoms with E-state index < -0.39 is 15.0 Å². The molecule has 0 unspecified atom stereocenters. The van der Waals surface area contributed by atoms with Gasteiger partial charge in [0.25, 0.3) is 0 Å². The average Bonchev–Trinajstić information content (AvgIpc) is 2.35. The molecule has 1 aliphatic rings. The molecule has 82 valence electrons. The summed E-state index contributed by atoms with van der Waals surface area (Å²) >= 11 is 5.30. The van der Waals surface area contributed by atoms with Gasteiger partial charge in [0.1, 0.15) is 0 Å². The predicted octanol–water partition coefficient (Wildman–Crippen LogP) is 3.53. The van der Waals surface area contributed by atoms with Crippen molar-refractivity contribution < 1.29 is 13.3 Å². The van der Waals surface area contributed by atoms with Crippen molar-refractivity contribution in [2.45, 2.75) is 19.6 Å². The molecule has 1 heterocycles. The molecule has 0 bridgehead atoms. The van der Waals surface area contributed by atoms with Crippen molar-refractivity contribution in [1.82, 2.24) is 0 Å². The molecule has 0 saturated heterocycles. The van der Waals surface area contributed by atoms with Crippen LogP contribution in [0.5, 0.6) is 11.5 Å². The number of fused-ring (bicyclic) bond motifs is 1. The SMILES string of the molecule is C[Si](C)(C)OP1(=S)Oc2ccccc2O1. The standard InChI is InChI=1S/C9H13O3PSSi/c1-15(2,3)12-13(14)10-8-6-4-5-7-9(8)11-13/h4-7H,1-3H3. The van der Waals surface area contributed by atoms with Crippen molar-refractivity contribution in [2.24, 2.45) is 0 Å². The van der Waals surface area contributed by atoms with Gasteiger partial charge in [0, 0.05) is 11.8 Å². The van der Waals surface area contributed by atoms with Crippen molar-refractivity contribution >= 4 is 26.8 Å². The van der Waals surface area contributed by atoms with Crippen LogP contribution in [0, 0.1) is 0 Å². The second-order valence-electron chi connectivity index (χ2n) is 4.28. The van der Waals surface area contributed by atoms with E-state index in [9.17, 15) is 0 Å². The lowest BCUT2D eigenvalue weighted by molar-refractivity contribution is 0.429. The highest BCUT2D eigenvalue weighted by Crippen LogP contribution is 2.60. The summed E-state index contributed by atoms with van der Waals surface area (Å²) in [6.07, 6.45) is 0. The first-order valence-electron chi connectivity index (χ1n) is 4.67. The predicted molar refractivity (Wildman–Crippen MR) is 66.4 cm³/mol. The summed E-state index contributed by atoms with van der Waals surface area (Å²) in [6.45, 7) is 3.62. The minimum absolute atomic E-state index is 0.694. The zero-order valence-corrected chi connectivity index (χ0v) is 11.6. The molecule has 15 heavy (non-hydrogen) atoms. The quantitative estimate of drug-likeness (QED) is 0.600. The van der Waals surface area contributed by atoms with E-state index in [4.69, 9.17) is 25.1 Å². The van der Waals surface area contributed by atoms with Crippen molar-refractivity contribution in [2.75, 3.05) is 0 Å². The largest absolute Gasteiger partial charge is 0.425 e. The Morgan fingerprint density at radius 3 is 2.00 bits per heavy atom. The molecule has 0 amide bonds. The van der Waals surface area contributed by atoms with Gasteiger partial charge in [0.2, 0.25) is 0 Å². The Labute approximate surface area is 95.7 Å². The van der Waals surface area contributed by atoms with Crippen molar-refractivity contribution in [3.8, 4) is 11.5 Å². The molecule has 0 aromatic heterocycles. The first-order valence-corrected chi connectivity index (χ1v) is 10.6. The van der Waals surface area contributed by atoms with E-state index in [2.05, 4.69) is 19.6 Å². The van der Waals surface area contributed by atoms with E-state index in [1.54, 1.807) is 0 Å². The first kappa shape index (κ1) is 11.1. The highest BCUT2D eigenvalue weighted by atomic mass is 32.5. The minimum atomic E-state index is -2.58. The maximum Gasteiger partial charge on any atom is 0.425 e. The Morgan fingerprint density at radius 2 is 1.60 bits per heavy atom. The van der Waals surface area contributed by atoms with Gasteiger partial charge >= 0.3 is 6.72 Å². The fraction of sp³-hybridized carbons (Fsp3) is 0.333. The van der Waals surface area contributed by atoms with Gasteiger partial charge in [-0.05, 0) is 31.8 Å². The highest BCUT2D eigenvalue weighted by Gasteiger charge is 2.37. The third kappa shape index (κ3) is 2.61. The van der Waals surface area contributed by atoms with E-state index in [0.29, 0.717) is 11.5 Å². The summed E-state index contributed by atoms with van der Waals surface area (Å²) in [5, 5.41) is 0. The maximum atomic E-state index is 5.79. The molecule has 0 spiro atoms. The number of hydrogen-bond donors (Lipinski definition) is 0. The molecular formula is C9H13O3PSSi. The van der Waals surface area contributed by atoms with Crippen LogP contribution in [0.1, 0.15) is 0 Å². The van der Waals surface area contributed by atoms with Gasteiger partial charge in [0.05, 0.1) is 0 Å². The third-order valence-electron chi connectivity index (χ3n) is 1.66. The Kier molecular flexibility index (Phi) is 2.67. The van der Waals surface area contributed by atoms with Crippen LogP contribution in [0.3, 0.4) is 0 Å². The smallest absolute Gasteiger partial charge is 0.412 e. The Balaban J connectivity index is 2.22. The van der Waals surface area contributed by atoms with Gasteiger partial charge in [-0.25, -0.2) is 0 Å². The Hall–Kier alpha value is -0.353. The number of rotatable bonds is 2. The van der Waals surface area contributed by atoms with E-state index >= 15 is 0 Å². The average molecular weight is 260 g/mol. The van der Waals surface area contributed by atoms with Crippen LogP contribution in [0.4, 0.5) is 0 Å². The summed E-state index contributed by atoms with van der Waals surface area (Å²) in [5.41, 5.74) is 0. The number of benzene rings is 1. The molecule has 1 aliphatic heterocycles. The summed E-state index contributed by atoms with van der Waals surface area (Å²) in [6, 6.07) is 7.47. The molecule has 1 aromatic carbocycles. The van der Waals surface area contributed by atoms with Gasteiger partial charge in [-0.15, -0.1) is 0 Å². The van der Waals surface area contributed by atoms with Crippen molar-refractivity contribution in [1.29, 1.82) is 0 Å². The van der Waals surface area contributed by atoms with E-state index in [1.165, 1.54) is 0 Å². The third-order valence-corrected chi connectivity index (χ3v) is 6.70. The molecule has 1 aromatic rings. The first-order chi connectivity index (χ1) is 6.88. The van der Waals surface area contributed by atoms with Crippen LogP contribution in [0.15, 0.2) is 24.3 Å². The molecule has 0 aliphatic carbocycles. The second kappa shape index (κ2) is 3.59. The summed E-state index contributed by atoms with van der Waals surface area (Å²) in [5.74, 6) is 1.39. The van der Waals surface area contributed by atoms with Gasteiger partial charge in [-0.1, -0.05) is 12.1 Å². The lowest BCUT2D eigenvalue weighted by Gasteiger charge is -2.22. The molecule has 0 saturated carbocycles. The molecule has 0 fully saturated rings. The summed E-state index contributed by atoms with van der Waals surface area (Å²) < 4.78 is 17.0. The van der Waals surface area contributed by atoms with Crippen molar-refractivity contribution in [3.05, 3.63) is 24.3 Å². The molecule has 6 heteroatoms. The summed E-state index contributed by atoms with van der Waals surface area (Å²) in [7, 11) is -1.74. The van der Waals surface area contributed by atoms with Gasteiger partial charge in [-0.2, -0.15) is 0 Å². The van der Waals surface area contributed by atoms with E-state index in [0.717, 1.165) is 0 Å². The monoisotopic (exact) mass is 260 g/mol. The lowest BCUT2D eigenvalue weighted by Crippen LogP contribution is -2.25. The topological polar surface area (TPSA) is 27.7 Å². The second-order valence-corrected chi connectivity index (χ2v) is 11.8. The Bertz CT molecular complexity index is 401. The lowest BCUT2D eigenvalue weighted by atomic mass is 10.3. The fourth-order valence-corrected chi connectivity index (χ4v) is 7.53. The normalized spacial score (nSPS) is 17.8. The number of hydrogen-bond acceptors (Lipinski definition) is 4. The van der Waals surface area contributed by atoms with Crippen LogP contribution in [0.25, 0.3) is 0 Å². The van der Waals surface area contributed by atoms with Crippen LogP contribution in [-0.4, -0.2) is 8.32 Å². The maximum absolute atomic E-state index is 5.79. The van der Waals surface area contributed by atoms with Gasteiger partial charge in [0.15, 0.2) is 19.8 Å². The van der Waals surface area contributed by atoms with Crippen LogP contribution in [0.2, 0.25) is 19.6 Å². The molecule has 0 N–H and O–H groups in total. The van der Waals surface area contributed by atoms with E-state index in [-0.39, 0.29) is 0 Å². The molecule has 0 atom stereocenters. The van der Waals surface area contributed by atoms with Crippen molar-refractivity contribution in [3.63, 3.8) is 0 Å². The van der Waals surface area contributed by atoms with Crippen LogP contribution in [-0.2, 0) is 16.0 Å². The molecule has 0 radical (unpaired) electrons. The van der Waals surface area contributed by atoms with Crippen LogP contribution >= 0.6 is 6.72 Å². The highest BCUT2D eigenvalue weighted by molar-refractivity contribution is 8.08. The minimum Gasteiger partial charge on any atom is -0.412 e. The fourth-order valence-electron chi connectivity index (χ4n) is 1.23. The Morgan fingerprint density at radius 1 is 1.13 bits per heavy atom. The summed E-state index contributed by atoms with van der Waals surface area (Å²) in [4.78, 5) is 0. The molecular weight excluding hydrogens is 247 g/mol. The number of para-hydroxylation sites is 2. The van der Waals surface area contributed by atoms with Crippen LogP contribution < -0.4 is 9.05 Å².